The summed E-state index contributed by atoms with van der Waals surface area (Å²) in [6.07, 6.45) is 5.05. The first kappa shape index (κ1) is 32.0. The molecular weight excluding hydrogens is 619 g/mol. The van der Waals surface area contributed by atoms with Gasteiger partial charge in [-0.1, -0.05) is 48.0 Å². The van der Waals surface area contributed by atoms with Crippen LogP contribution in [0.5, 0.6) is 23.0 Å². The number of hydrogen-bond acceptors (Lipinski definition) is 7. The molecule has 7 rings (SSSR count). The molecule has 4 aromatic carbocycles. The number of ether oxygens (including phenoxy) is 3. The molecule has 0 aliphatic carbocycles. The summed E-state index contributed by atoms with van der Waals surface area (Å²) in [5.41, 5.74) is 4.76. The zero-order chi connectivity index (χ0) is 33.7. The minimum Gasteiger partial charge on any atom is -0.493 e. The van der Waals surface area contributed by atoms with Gasteiger partial charge in [0.2, 0.25) is 0 Å². The highest BCUT2D eigenvalue weighted by Gasteiger charge is 2.18. The molecule has 1 fully saturated rings. The molecule has 1 amide bonds. The predicted molar refractivity (Wildman–Crippen MR) is 190 cm³/mol. The molecule has 1 aliphatic rings. The first-order valence-corrected chi connectivity index (χ1v) is 16.5. The summed E-state index contributed by atoms with van der Waals surface area (Å²) in [5, 5.41) is 4.20. The van der Waals surface area contributed by atoms with E-state index in [1.54, 1.807) is 37.6 Å². The van der Waals surface area contributed by atoms with Gasteiger partial charge in [-0.05, 0) is 75.7 Å². The molecule has 6 aromatic rings. The smallest absolute Gasteiger partial charge is 0.256 e. The number of fused-ring (bicyclic) bond motifs is 2. The molecule has 2 aromatic heterocycles. The Kier molecular flexibility index (Phi) is 9.34. The van der Waals surface area contributed by atoms with Crippen LogP contribution >= 0.6 is 0 Å². The highest BCUT2D eigenvalue weighted by molar-refractivity contribution is 6.13. The Labute approximate surface area is 284 Å². The minimum atomic E-state index is -0.632. The van der Waals surface area contributed by atoms with E-state index in [9.17, 15) is 4.79 Å². The molecule has 0 bridgehead atoms. The van der Waals surface area contributed by atoms with Crippen LogP contribution in [0.4, 0.5) is 10.1 Å². The largest absolute Gasteiger partial charge is 0.493 e. The molecule has 0 saturated carbocycles. The van der Waals surface area contributed by atoms with Crippen LogP contribution in [-0.2, 0) is 0 Å². The molecule has 0 unspecified atom stereocenters. The van der Waals surface area contributed by atoms with Crippen molar-refractivity contribution in [1.29, 1.82) is 0 Å². The Bertz CT molecular complexity index is 2130. The number of halogens is 1. The Morgan fingerprint density at radius 1 is 0.857 bits per heavy atom. The maximum absolute atomic E-state index is 15.5. The first-order valence-electron chi connectivity index (χ1n) is 16.5. The van der Waals surface area contributed by atoms with Gasteiger partial charge in [0, 0.05) is 46.9 Å². The molecule has 1 aliphatic heterocycles. The molecule has 1 saturated heterocycles. The number of likely N-dealkylation sites (tertiary alicyclic amines) is 1. The van der Waals surface area contributed by atoms with E-state index < -0.39 is 5.82 Å². The number of rotatable bonds is 11. The highest BCUT2D eigenvalue weighted by Crippen LogP contribution is 2.38. The fourth-order valence-electron chi connectivity index (χ4n) is 6.18. The van der Waals surface area contributed by atoms with Crippen LogP contribution in [0.2, 0.25) is 0 Å². The van der Waals surface area contributed by atoms with Gasteiger partial charge in [-0.3, -0.25) is 9.78 Å². The van der Waals surface area contributed by atoms with Crippen molar-refractivity contribution in [2.75, 3.05) is 38.7 Å². The van der Waals surface area contributed by atoms with Gasteiger partial charge in [-0.2, -0.15) is 0 Å². The number of anilines is 1. The number of pyridine rings is 2. The molecule has 3 heterocycles. The van der Waals surface area contributed by atoms with Gasteiger partial charge >= 0.3 is 0 Å². The second-order valence-corrected chi connectivity index (χ2v) is 12.2. The van der Waals surface area contributed by atoms with Gasteiger partial charge in [0.15, 0.2) is 23.1 Å². The predicted octanol–water partition coefficient (Wildman–Crippen LogP) is 8.82. The maximum Gasteiger partial charge on any atom is 0.256 e. The fraction of sp³-hybridized carbons (Fsp3) is 0.225. The quantitative estimate of drug-likeness (QED) is 0.140. The molecule has 1 N–H and O–H groups in total. The third kappa shape index (κ3) is 7.17. The number of para-hydroxylation sites is 1. The standard InChI is InChI=1S/C40H37FN4O4/c1-26-10-12-27(13-11-26)34-23-30(29-8-3-4-9-33(29)44-34)40(46)43-28-14-15-37(32(41)22-28)49-36-16-17-42-35-25-39(38(47-2)24-31(35)36)48-21-7-20-45-18-5-6-19-45/h3-4,8-17,22-25H,5-7,18-21H2,1-2H3,(H,43,46). The number of methoxy groups -OCH3 is 1. The lowest BCUT2D eigenvalue weighted by Gasteiger charge is -2.16. The number of nitrogens with zero attached hydrogens (tertiary/aromatic N) is 3. The minimum absolute atomic E-state index is 0.00252. The zero-order valence-electron chi connectivity index (χ0n) is 27.5. The van der Waals surface area contributed by atoms with Gasteiger partial charge in [0.25, 0.3) is 5.91 Å². The van der Waals surface area contributed by atoms with Crippen molar-refractivity contribution in [2.45, 2.75) is 26.2 Å². The van der Waals surface area contributed by atoms with Crippen molar-refractivity contribution >= 4 is 33.4 Å². The second kappa shape index (κ2) is 14.3. The summed E-state index contributed by atoms with van der Waals surface area (Å²) in [6.45, 7) is 5.90. The number of carbonyl (C=O) groups is 1. The van der Waals surface area contributed by atoms with Crippen LogP contribution in [0.25, 0.3) is 33.1 Å². The average molecular weight is 657 g/mol. The monoisotopic (exact) mass is 656 g/mol. The Morgan fingerprint density at radius 3 is 2.47 bits per heavy atom. The van der Waals surface area contributed by atoms with Crippen LogP contribution in [0, 0.1) is 12.7 Å². The number of hydrogen-bond donors (Lipinski definition) is 1. The number of amides is 1. The van der Waals surface area contributed by atoms with E-state index in [4.69, 9.17) is 19.2 Å². The van der Waals surface area contributed by atoms with Crippen molar-refractivity contribution < 1.29 is 23.4 Å². The third-order valence-corrected chi connectivity index (χ3v) is 8.78. The van der Waals surface area contributed by atoms with E-state index in [0.29, 0.717) is 62.6 Å². The Morgan fingerprint density at radius 2 is 1.67 bits per heavy atom. The maximum atomic E-state index is 15.5. The van der Waals surface area contributed by atoms with E-state index in [2.05, 4.69) is 15.2 Å². The number of nitrogens with one attached hydrogen (secondary N) is 1. The second-order valence-electron chi connectivity index (χ2n) is 12.2. The topological polar surface area (TPSA) is 85.8 Å². The van der Waals surface area contributed by atoms with Crippen molar-refractivity contribution in [3.05, 3.63) is 114 Å². The Balaban J connectivity index is 1.08. The number of carbonyl (C=O) groups excluding carboxylic acids is 1. The van der Waals surface area contributed by atoms with E-state index in [0.717, 1.165) is 37.2 Å². The molecule has 248 valence electrons. The van der Waals surface area contributed by atoms with Gasteiger partial charge in [-0.25, -0.2) is 9.37 Å². The highest BCUT2D eigenvalue weighted by atomic mass is 19.1. The fourth-order valence-corrected chi connectivity index (χ4v) is 6.18. The van der Waals surface area contributed by atoms with Crippen LogP contribution < -0.4 is 19.5 Å². The lowest BCUT2D eigenvalue weighted by atomic mass is 10.0. The van der Waals surface area contributed by atoms with E-state index in [1.165, 1.54) is 25.0 Å². The normalized spacial score (nSPS) is 13.1. The van der Waals surface area contributed by atoms with Crippen molar-refractivity contribution in [3.8, 4) is 34.3 Å². The SMILES string of the molecule is COc1cc2c(Oc3ccc(NC(=O)c4cc(-c5ccc(C)cc5)nc5ccccc45)cc3F)ccnc2cc1OCCCN1CCCC1. The summed E-state index contributed by atoms with van der Waals surface area (Å²) in [6, 6.07) is 26.9. The van der Waals surface area contributed by atoms with Gasteiger partial charge in [-0.15, -0.1) is 0 Å². The Hall–Kier alpha value is -5.54. The molecule has 0 radical (unpaired) electrons. The van der Waals surface area contributed by atoms with E-state index in [-0.39, 0.29) is 11.7 Å². The zero-order valence-corrected chi connectivity index (χ0v) is 27.5. The summed E-state index contributed by atoms with van der Waals surface area (Å²) >= 11 is 0. The molecule has 9 heteroatoms. The van der Waals surface area contributed by atoms with E-state index >= 15 is 4.39 Å². The number of aryl methyl sites for hydroxylation is 1. The molecule has 0 spiro atoms. The molecular formula is C40H37FN4O4. The average Bonchev–Trinajstić information content (AvgIpc) is 3.64. The first-order chi connectivity index (χ1) is 23.9. The van der Waals surface area contributed by atoms with Gasteiger partial charge in [0.1, 0.15) is 5.75 Å². The van der Waals surface area contributed by atoms with Crippen molar-refractivity contribution in [1.82, 2.24) is 14.9 Å². The molecule has 49 heavy (non-hydrogen) atoms. The van der Waals surface area contributed by atoms with Gasteiger partial charge in [0.05, 0.1) is 36.0 Å². The van der Waals surface area contributed by atoms with Crippen molar-refractivity contribution in [3.63, 3.8) is 0 Å². The van der Waals surface area contributed by atoms with Crippen LogP contribution in [0.15, 0.2) is 97.2 Å². The van der Waals surface area contributed by atoms with Crippen LogP contribution in [-0.4, -0.2) is 54.1 Å². The number of benzene rings is 4. The summed E-state index contributed by atoms with van der Waals surface area (Å²) in [4.78, 5) is 25.3. The summed E-state index contributed by atoms with van der Waals surface area (Å²) in [5.74, 6) is 0.544. The van der Waals surface area contributed by atoms with E-state index in [1.807, 2.05) is 61.5 Å². The lowest BCUT2D eigenvalue weighted by Crippen LogP contribution is -2.21. The lowest BCUT2D eigenvalue weighted by molar-refractivity contribution is 0.102. The third-order valence-electron chi connectivity index (χ3n) is 8.78. The van der Waals surface area contributed by atoms with Crippen LogP contribution in [0.3, 0.4) is 0 Å². The van der Waals surface area contributed by atoms with Crippen LogP contribution in [0.1, 0.15) is 35.2 Å². The molecule has 8 nitrogen and oxygen atoms in total. The summed E-state index contributed by atoms with van der Waals surface area (Å²) < 4.78 is 33.3. The van der Waals surface area contributed by atoms with Gasteiger partial charge < -0.3 is 24.4 Å². The molecule has 0 atom stereocenters. The number of aromatic nitrogens is 2. The van der Waals surface area contributed by atoms with Crippen molar-refractivity contribution in [2.24, 2.45) is 0 Å². The summed E-state index contributed by atoms with van der Waals surface area (Å²) in [7, 11) is 1.58.